The quantitative estimate of drug-likeness (QED) is 0.664. The lowest BCUT2D eigenvalue weighted by atomic mass is 9.77. The summed E-state index contributed by atoms with van der Waals surface area (Å²) in [5.41, 5.74) is 1.72. The first kappa shape index (κ1) is 21.4. The van der Waals surface area contributed by atoms with Crippen LogP contribution in [0.1, 0.15) is 43.6 Å². The monoisotopic (exact) mass is 486 g/mol. The number of halogens is 1. The lowest BCUT2D eigenvalue weighted by Gasteiger charge is -2.42. The van der Waals surface area contributed by atoms with Gasteiger partial charge in [0.25, 0.3) is 0 Å². The fourth-order valence-electron chi connectivity index (χ4n) is 5.49. The maximum absolute atomic E-state index is 12.9. The fraction of sp³-hybridized carbons (Fsp3) is 0.565. The van der Waals surface area contributed by atoms with Crippen molar-refractivity contribution in [3.05, 3.63) is 35.0 Å². The highest BCUT2D eigenvalue weighted by molar-refractivity contribution is 7.85. The summed E-state index contributed by atoms with van der Waals surface area (Å²) in [5, 5.41) is 14.0. The molecule has 0 spiro atoms. The summed E-state index contributed by atoms with van der Waals surface area (Å²) in [5.74, 6) is 3.64. The number of hydrogen-bond donors (Lipinski definition) is 2. The summed E-state index contributed by atoms with van der Waals surface area (Å²) in [4.78, 5) is 21.5. The number of fused-ring (bicyclic) bond motifs is 2. The van der Waals surface area contributed by atoms with E-state index >= 15 is 0 Å². The van der Waals surface area contributed by atoms with Crippen molar-refractivity contribution in [2.45, 2.75) is 49.0 Å². The van der Waals surface area contributed by atoms with Crippen LogP contribution in [0.5, 0.6) is 0 Å². The predicted octanol–water partition coefficient (Wildman–Crippen LogP) is 2.84. The van der Waals surface area contributed by atoms with Crippen LogP contribution in [-0.2, 0) is 17.2 Å². The van der Waals surface area contributed by atoms with Crippen LogP contribution in [0.4, 0.5) is 11.8 Å². The molecule has 0 amide bonds. The van der Waals surface area contributed by atoms with Gasteiger partial charge in [0.1, 0.15) is 10.7 Å². The van der Waals surface area contributed by atoms with Gasteiger partial charge in [0.2, 0.25) is 5.95 Å². The zero-order valence-corrected chi connectivity index (χ0v) is 19.9. The highest BCUT2D eigenvalue weighted by Crippen LogP contribution is 2.42. The van der Waals surface area contributed by atoms with Crippen molar-refractivity contribution in [1.29, 1.82) is 0 Å². The molecule has 3 atom stereocenters. The Morgan fingerprint density at radius 1 is 1.21 bits per heavy atom. The third kappa shape index (κ3) is 3.84. The molecule has 2 aliphatic heterocycles. The number of hydrogen-bond acceptors (Lipinski definition) is 8. The van der Waals surface area contributed by atoms with Crippen molar-refractivity contribution in [3.8, 4) is 0 Å². The number of allylic oxidation sites excluding steroid dienone is 1. The van der Waals surface area contributed by atoms with Crippen LogP contribution < -0.4 is 10.2 Å². The van der Waals surface area contributed by atoms with Crippen molar-refractivity contribution in [1.82, 2.24) is 19.9 Å². The summed E-state index contributed by atoms with van der Waals surface area (Å²) >= 11 is 5.93. The molecule has 2 fully saturated rings. The Morgan fingerprint density at radius 3 is 2.73 bits per heavy atom. The first-order chi connectivity index (χ1) is 16.0. The van der Waals surface area contributed by atoms with Crippen molar-refractivity contribution < 1.29 is 9.32 Å². The normalized spacial score (nSPS) is 27.5. The van der Waals surface area contributed by atoms with E-state index in [1.165, 1.54) is 5.57 Å². The molecule has 174 valence electrons. The summed E-state index contributed by atoms with van der Waals surface area (Å²) < 4.78 is 12.9. The topological polar surface area (TPSA) is 104 Å². The highest BCUT2D eigenvalue weighted by Gasteiger charge is 2.41. The Hall–Kier alpha value is -2.10. The molecule has 0 aromatic carbocycles. The van der Waals surface area contributed by atoms with Crippen LogP contribution in [0.3, 0.4) is 0 Å². The van der Waals surface area contributed by atoms with Crippen LogP contribution in [0.2, 0.25) is 5.02 Å². The summed E-state index contributed by atoms with van der Waals surface area (Å²) in [6.07, 6.45) is 11.1. The van der Waals surface area contributed by atoms with Gasteiger partial charge in [0.05, 0.1) is 33.7 Å². The number of aryl methyl sites for hydroxylation is 1. The van der Waals surface area contributed by atoms with Gasteiger partial charge in [0.15, 0.2) is 5.82 Å². The molecular weight excluding hydrogens is 460 g/mol. The summed E-state index contributed by atoms with van der Waals surface area (Å²) in [7, 11) is -1.10. The van der Waals surface area contributed by atoms with E-state index < -0.39 is 10.8 Å². The van der Waals surface area contributed by atoms with Crippen LogP contribution >= 0.6 is 11.6 Å². The van der Waals surface area contributed by atoms with Crippen molar-refractivity contribution in [2.75, 3.05) is 35.7 Å². The number of aliphatic hydroxyl groups is 1. The Labute approximate surface area is 200 Å². The third-order valence-corrected chi connectivity index (χ3v) is 9.21. The number of aromatic nitrogens is 4. The largest absolute Gasteiger partial charge is 0.394 e. The lowest BCUT2D eigenvalue weighted by molar-refractivity contribution is 0.143. The van der Waals surface area contributed by atoms with Crippen LogP contribution in [0.25, 0.3) is 5.57 Å². The molecule has 8 nitrogen and oxygen atoms in total. The molecule has 4 heterocycles. The van der Waals surface area contributed by atoms with Gasteiger partial charge in [-0.1, -0.05) is 17.7 Å². The first-order valence-corrected chi connectivity index (χ1v) is 13.4. The molecule has 1 saturated carbocycles. The maximum Gasteiger partial charge on any atom is 0.227 e. The van der Waals surface area contributed by atoms with Crippen molar-refractivity contribution in [3.63, 3.8) is 0 Å². The second-order valence-electron chi connectivity index (χ2n) is 9.67. The number of rotatable bonds is 5. The van der Waals surface area contributed by atoms with Gasteiger partial charge in [-0.3, -0.25) is 4.21 Å². The molecule has 0 bridgehead atoms. The molecule has 2 aliphatic carbocycles. The van der Waals surface area contributed by atoms with Gasteiger partial charge >= 0.3 is 0 Å². The molecule has 2 aromatic heterocycles. The maximum atomic E-state index is 12.9. The van der Waals surface area contributed by atoms with Gasteiger partial charge in [0, 0.05) is 31.2 Å². The Morgan fingerprint density at radius 2 is 2.03 bits per heavy atom. The molecule has 0 radical (unpaired) electrons. The zero-order chi connectivity index (χ0) is 22.6. The van der Waals surface area contributed by atoms with E-state index in [4.69, 9.17) is 21.6 Å². The average Bonchev–Trinajstić information content (AvgIpc) is 3.36. The number of nitrogens with one attached hydrogen (secondary N) is 1. The second-order valence-corrected chi connectivity index (χ2v) is 11.6. The molecule has 2 aromatic rings. The Balaban J connectivity index is 1.27. The van der Waals surface area contributed by atoms with Gasteiger partial charge in [-0.15, -0.1) is 0 Å². The lowest BCUT2D eigenvalue weighted by Crippen LogP contribution is -2.49. The molecule has 33 heavy (non-hydrogen) atoms. The minimum absolute atomic E-state index is 0.0575. The van der Waals surface area contributed by atoms with E-state index in [0.717, 1.165) is 68.0 Å². The molecule has 2 N–H and O–H groups in total. The number of aliphatic hydroxyl groups excluding tert-OH is 1. The van der Waals surface area contributed by atoms with E-state index in [1.54, 1.807) is 12.4 Å². The van der Waals surface area contributed by atoms with E-state index in [2.05, 4.69) is 26.3 Å². The van der Waals surface area contributed by atoms with E-state index in [1.807, 2.05) is 0 Å². The minimum atomic E-state index is -1.10. The number of anilines is 2. The van der Waals surface area contributed by atoms with Crippen molar-refractivity contribution >= 4 is 39.7 Å². The van der Waals surface area contributed by atoms with Gasteiger partial charge in [-0.05, 0) is 55.9 Å². The molecule has 6 rings (SSSR count). The Bertz CT molecular complexity index is 1130. The number of nitrogens with zero attached hydrogens (tertiary/aromatic N) is 5. The molecule has 0 unspecified atom stereocenters. The van der Waals surface area contributed by atoms with Crippen LogP contribution in [0, 0.1) is 11.8 Å². The molecule has 4 aliphatic rings. The highest BCUT2D eigenvalue weighted by atomic mass is 35.5. The standard InChI is InChI=1S/C23H27ClN6O2S/c24-17-9-25-20(26-10-17)14-7-15-11-30(12-16(15)8-14)22-27-18-3-1-6-33(32)19(18)21(28-22)29-23(13-31)4-2-5-23/h7,9-10,15-16,31H,1-6,8,11-13H2,(H,27,28,29)/t15-,16+,33+/m1/s1. The Kier molecular flexibility index (Phi) is 5.38. The zero-order valence-electron chi connectivity index (χ0n) is 18.3. The minimum Gasteiger partial charge on any atom is -0.394 e. The van der Waals surface area contributed by atoms with E-state index in [9.17, 15) is 9.32 Å². The molecular formula is C23H27ClN6O2S. The summed E-state index contributed by atoms with van der Waals surface area (Å²) in [6.45, 7) is 1.76. The second kappa shape index (κ2) is 8.29. The average molecular weight is 487 g/mol. The van der Waals surface area contributed by atoms with E-state index in [-0.39, 0.29) is 12.1 Å². The van der Waals surface area contributed by atoms with Crippen LogP contribution in [-0.4, -0.2) is 60.2 Å². The van der Waals surface area contributed by atoms with Gasteiger partial charge in [-0.2, -0.15) is 4.98 Å². The first-order valence-electron chi connectivity index (χ1n) is 11.7. The smallest absolute Gasteiger partial charge is 0.227 e. The van der Waals surface area contributed by atoms with Gasteiger partial charge < -0.3 is 15.3 Å². The predicted molar refractivity (Wildman–Crippen MR) is 128 cm³/mol. The molecule has 10 heteroatoms. The van der Waals surface area contributed by atoms with E-state index in [0.29, 0.717) is 34.4 Å². The molecule has 1 saturated heterocycles. The third-order valence-electron chi connectivity index (χ3n) is 7.47. The SMILES string of the molecule is O=[S@]1CCCc2nc(N3C[C@@H]4CC(c5ncc(Cl)cn5)=C[C@@H]4C3)nc(NC3(CO)CCC3)c21. The van der Waals surface area contributed by atoms with Gasteiger partial charge in [-0.25, -0.2) is 15.0 Å². The fourth-order valence-corrected chi connectivity index (χ4v) is 6.92. The summed E-state index contributed by atoms with van der Waals surface area (Å²) in [6, 6.07) is 0. The van der Waals surface area contributed by atoms with Crippen molar-refractivity contribution in [2.24, 2.45) is 11.8 Å². The van der Waals surface area contributed by atoms with Crippen LogP contribution in [0.15, 0.2) is 23.4 Å².